The summed E-state index contributed by atoms with van der Waals surface area (Å²) in [5.41, 5.74) is 4.90. The summed E-state index contributed by atoms with van der Waals surface area (Å²) in [5, 5.41) is 7.25. The topological polar surface area (TPSA) is 52.0 Å². The van der Waals surface area contributed by atoms with Crippen molar-refractivity contribution >= 4 is 17.6 Å². The first-order chi connectivity index (χ1) is 7.66. The average Bonchev–Trinajstić information content (AvgIpc) is 2.83. The normalized spacial score (nSPS) is 15.8. The van der Waals surface area contributed by atoms with Crippen molar-refractivity contribution in [1.29, 1.82) is 5.41 Å². The molecule has 0 atom stereocenters. The fourth-order valence-electron chi connectivity index (χ4n) is 2.05. The number of allylic oxidation sites excluding steroid dienone is 2. The van der Waals surface area contributed by atoms with Gasteiger partial charge >= 0.3 is 0 Å². The molecule has 2 N–H and O–H groups in total. The summed E-state index contributed by atoms with van der Waals surface area (Å²) in [6.07, 6.45) is 7.64. The van der Waals surface area contributed by atoms with E-state index in [0.29, 0.717) is 5.84 Å². The molecule has 1 aromatic heterocycles. The second-order valence-electron chi connectivity index (χ2n) is 4.25. The molecule has 0 saturated heterocycles. The van der Waals surface area contributed by atoms with Gasteiger partial charge in [-0.25, -0.2) is 4.99 Å². The molecule has 0 aromatic carbocycles. The smallest absolute Gasteiger partial charge is 0.117 e. The van der Waals surface area contributed by atoms with Crippen LogP contribution in [-0.4, -0.2) is 17.0 Å². The second-order valence-corrected chi connectivity index (χ2v) is 4.25. The number of hydrogen-bond donors (Lipinski definition) is 2. The highest BCUT2D eigenvalue weighted by Crippen LogP contribution is 2.29. The summed E-state index contributed by atoms with van der Waals surface area (Å²) in [5.74, 6) is 0.328. The van der Waals surface area contributed by atoms with Gasteiger partial charge in [0.2, 0.25) is 0 Å². The summed E-state index contributed by atoms with van der Waals surface area (Å²) in [6, 6.07) is 2.08. The summed E-state index contributed by atoms with van der Waals surface area (Å²) in [6.45, 7) is 3.78. The van der Waals surface area contributed by atoms with Crippen molar-refractivity contribution in [3.8, 4) is 0 Å². The molecule has 1 aromatic rings. The number of nitrogens with zero attached hydrogens (tertiary/aromatic N) is 1. The van der Waals surface area contributed by atoms with Gasteiger partial charge in [0.1, 0.15) is 5.84 Å². The quantitative estimate of drug-likeness (QED) is 0.562. The zero-order chi connectivity index (χ0) is 11.5. The lowest BCUT2D eigenvalue weighted by Gasteiger charge is -1.99. The molecule has 1 aliphatic rings. The molecule has 0 amide bonds. The van der Waals surface area contributed by atoms with Crippen LogP contribution < -0.4 is 0 Å². The Morgan fingerprint density at radius 1 is 1.56 bits per heavy atom. The SMILES string of the molecule is CC(=N)/N=C\c1cc(C)c(C2=CCCC2)[nH]1. The number of rotatable bonds is 2. The molecule has 3 nitrogen and oxygen atoms in total. The van der Waals surface area contributed by atoms with Crippen molar-refractivity contribution in [2.45, 2.75) is 33.1 Å². The Morgan fingerprint density at radius 2 is 2.38 bits per heavy atom. The Morgan fingerprint density at radius 3 is 3.00 bits per heavy atom. The number of amidine groups is 1. The lowest BCUT2D eigenvalue weighted by atomic mass is 10.1. The van der Waals surface area contributed by atoms with Crippen molar-refractivity contribution in [2.75, 3.05) is 0 Å². The molecule has 0 spiro atoms. The van der Waals surface area contributed by atoms with Gasteiger partial charge in [-0.15, -0.1) is 0 Å². The molecule has 0 fully saturated rings. The van der Waals surface area contributed by atoms with Crippen LogP contribution in [0, 0.1) is 12.3 Å². The zero-order valence-electron chi connectivity index (χ0n) is 9.80. The monoisotopic (exact) mass is 215 g/mol. The van der Waals surface area contributed by atoms with Crippen LogP contribution in [0.5, 0.6) is 0 Å². The van der Waals surface area contributed by atoms with E-state index < -0.39 is 0 Å². The molecule has 1 aliphatic carbocycles. The molecule has 0 aliphatic heterocycles. The van der Waals surface area contributed by atoms with Gasteiger partial charge in [0, 0.05) is 5.69 Å². The molecule has 2 rings (SSSR count). The molecule has 0 bridgehead atoms. The standard InChI is InChI=1S/C13H17N3/c1-9-7-12(8-15-10(2)14)16-13(9)11-5-3-4-6-11/h5,7-8,14,16H,3-4,6H2,1-2H3/b14-10?,15-8-. The van der Waals surface area contributed by atoms with Crippen molar-refractivity contribution in [3.63, 3.8) is 0 Å². The van der Waals surface area contributed by atoms with E-state index in [4.69, 9.17) is 5.41 Å². The Labute approximate surface area is 95.8 Å². The first-order valence-electron chi connectivity index (χ1n) is 5.65. The van der Waals surface area contributed by atoms with Gasteiger partial charge in [-0.05, 0) is 50.3 Å². The first kappa shape index (κ1) is 10.9. The van der Waals surface area contributed by atoms with Crippen molar-refractivity contribution in [1.82, 2.24) is 4.98 Å². The van der Waals surface area contributed by atoms with E-state index in [1.54, 1.807) is 13.1 Å². The molecule has 84 valence electrons. The number of aromatic amines is 1. The molecule has 3 heteroatoms. The van der Waals surface area contributed by atoms with E-state index in [0.717, 1.165) is 5.69 Å². The number of aromatic nitrogens is 1. The Hall–Kier alpha value is -1.64. The minimum Gasteiger partial charge on any atom is -0.354 e. The molecule has 16 heavy (non-hydrogen) atoms. The largest absolute Gasteiger partial charge is 0.354 e. The van der Waals surface area contributed by atoms with E-state index >= 15 is 0 Å². The summed E-state index contributed by atoms with van der Waals surface area (Å²) in [7, 11) is 0. The number of aryl methyl sites for hydroxylation is 1. The average molecular weight is 215 g/mol. The maximum absolute atomic E-state index is 7.25. The summed E-state index contributed by atoms with van der Waals surface area (Å²) >= 11 is 0. The highest BCUT2D eigenvalue weighted by atomic mass is 14.8. The highest BCUT2D eigenvalue weighted by Gasteiger charge is 2.11. The molecular weight excluding hydrogens is 198 g/mol. The Balaban J connectivity index is 2.25. The van der Waals surface area contributed by atoms with Crippen molar-refractivity contribution in [2.24, 2.45) is 4.99 Å². The third-order valence-electron chi connectivity index (χ3n) is 2.80. The summed E-state index contributed by atoms with van der Waals surface area (Å²) in [4.78, 5) is 7.35. The molecular formula is C13H17N3. The van der Waals surface area contributed by atoms with E-state index in [1.807, 2.05) is 0 Å². The maximum atomic E-state index is 7.25. The molecule has 0 unspecified atom stereocenters. The van der Waals surface area contributed by atoms with Crippen LogP contribution in [0.2, 0.25) is 0 Å². The highest BCUT2D eigenvalue weighted by molar-refractivity contribution is 5.91. The molecule has 0 radical (unpaired) electrons. The van der Waals surface area contributed by atoms with E-state index in [1.165, 1.54) is 36.1 Å². The molecule has 0 saturated carbocycles. The zero-order valence-corrected chi connectivity index (χ0v) is 9.80. The van der Waals surface area contributed by atoms with Crippen molar-refractivity contribution in [3.05, 3.63) is 29.1 Å². The number of hydrogen-bond acceptors (Lipinski definition) is 1. The van der Waals surface area contributed by atoms with Crippen LogP contribution in [0.4, 0.5) is 0 Å². The van der Waals surface area contributed by atoms with Gasteiger partial charge in [-0.2, -0.15) is 0 Å². The van der Waals surface area contributed by atoms with Gasteiger partial charge in [0.15, 0.2) is 0 Å². The van der Waals surface area contributed by atoms with Gasteiger partial charge in [-0.1, -0.05) is 6.08 Å². The van der Waals surface area contributed by atoms with E-state index in [9.17, 15) is 0 Å². The molecule has 1 heterocycles. The predicted molar refractivity (Wildman–Crippen MR) is 68.4 cm³/mol. The number of H-pyrrole nitrogens is 1. The summed E-state index contributed by atoms with van der Waals surface area (Å²) < 4.78 is 0. The first-order valence-corrected chi connectivity index (χ1v) is 5.65. The Bertz CT molecular complexity index is 464. The van der Waals surface area contributed by atoms with Gasteiger partial charge in [-0.3, -0.25) is 5.41 Å². The lowest BCUT2D eigenvalue weighted by Crippen LogP contribution is -1.88. The van der Waals surface area contributed by atoms with Gasteiger partial charge in [0.05, 0.1) is 11.9 Å². The minimum absolute atomic E-state index is 0.328. The minimum atomic E-state index is 0.328. The number of aliphatic imine (C=N–C) groups is 1. The van der Waals surface area contributed by atoms with Crippen LogP contribution in [0.1, 0.15) is 43.1 Å². The lowest BCUT2D eigenvalue weighted by molar-refractivity contribution is 0.933. The predicted octanol–water partition coefficient (Wildman–Crippen LogP) is 3.31. The third-order valence-corrected chi connectivity index (χ3v) is 2.80. The fraction of sp³-hybridized carbons (Fsp3) is 0.385. The Kier molecular flexibility index (Phi) is 3.04. The van der Waals surface area contributed by atoms with E-state index in [-0.39, 0.29) is 0 Å². The maximum Gasteiger partial charge on any atom is 0.117 e. The van der Waals surface area contributed by atoms with Crippen LogP contribution in [0.25, 0.3) is 5.57 Å². The van der Waals surface area contributed by atoms with E-state index in [2.05, 4.69) is 29.0 Å². The van der Waals surface area contributed by atoms with Crippen LogP contribution >= 0.6 is 0 Å². The second kappa shape index (κ2) is 4.47. The van der Waals surface area contributed by atoms with Crippen LogP contribution in [0.15, 0.2) is 17.1 Å². The number of nitrogens with one attached hydrogen (secondary N) is 2. The van der Waals surface area contributed by atoms with Crippen LogP contribution in [-0.2, 0) is 0 Å². The van der Waals surface area contributed by atoms with Gasteiger partial charge < -0.3 is 4.98 Å². The van der Waals surface area contributed by atoms with Crippen molar-refractivity contribution < 1.29 is 0 Å². The van der Waals surface area contributed by atoms with Gasteiger partial charge in [0.25, 0.3) is 0 Å². The fourth-order valence-corrected chi connectivity index (χ4v) is 2.05. The van der Waals surface area contributed by atoms with Crippen LogP contribution in [0.3, 0.4) is 0 Å². The third kappa shape index (κ3) is 2.30.